The minimum absolute atomic E-state index is 0.538. The average molecular weight is 227 g/mol. The zero-order valence-electron chi connectivity index (χ0n) is 9.46. The van der Waals surface area contributed by atoms with Crippen LogP contribution in [0.1, 0.15) is 25.8 Å². The molecule has 2 nitrogen and oxygen atoms in total. The van der Waals surface area contributed by atoms with Crippen molar-refractivity contribution >= 4 is 17.3 Å². The molecule has 84 valence electrons. The Morgan fingerprint density at radius 2 is 2.07 bits per heavy atom. The van der Waals surface area contributed by atoms with Crippen molar-refractivity contribution in [2.75, 3.05) is 18.0 Å². The van der Waals surface area contributed by atoms with Crippen LogP contribution < -0.4 is 10.6 Å². The summed E-state index contributed by atoms with van der Waals surface area (Å²) in [6.45, 7) is 6.83. The van der Waals surface area contributed by atoms with E-state index in [1.807, 2.05) is 18.2 Å². The molecular weight excluding hydrogens is 208 g/mol. The molecule has 0 radical (unpaired) electrons. The monoisotopic (exact) mass is 226 g/mol. The third-order valence-electron chi connectivity index (χ3n) is 2.48. The van der Waals surface area contributed by atoms with E-state index in [0.29, 0.717) is 6.54 Å². The first-order chi connectivity index (χ1) is 7.24. The van der Waals surface area contributed by atoms with Gasteiger partial charge in [0.15, 0.2) is 0 Å². The molecule has 3 heteroatoms. The normalized spacial score (nSPS) is 10.4. The van der Waals surface area contributed by atoms with E-state index in [9.17, 15) is 0 Å². The molecule has 0 saturated heterocycles. The van der Waals surface area contributed by atoms with Crippen molar-refractivity contribution in [1.82, 2.24) is 0 Å². The molecule has 0 aliphatic rings. The van der Waals surface area contributed by atoms with Crippen molar-refractivity contribution in [2.24, 2.45) is 5.73 Å². The zero-order valence-corrected chi connectivity index (χ0v) is 10.2. The van der Waals surface area contributed by atoms with Gasteiger partial charge >= 0.3 is 0 Å². The first kappa shape index (κ1) is 12.3. The Labute approximate surface area is 97.0 Å². The van der Waals surface area contributed by atoms with Gasteiger partial charge in [0.25, 0.3) is 0 Å². The highest BCUT2D eigenvalue weighted by Gasteiger charge is 2.11. The minimum atomic E-state index is 0.538. The highest BCUT2D eigenvalue weighted by Crippen LogP contribution is 2.29. The van der Waals surface area contributed by atoms with Crippen LogP contribution in [0.3, 0.4) is 0 Å². The largest absolute Gasteiger partial charge is 0.370 e. The highest BCUT2D eigenvalue weighted by atomic mass is 35.5. The van der Waals surface area contributed by atoms with E-state index in [2.05, 4.69) is 18.7 Å². The molecule has 0 bridgehead atoms. The van der Waals surface area contributed by atoms with Gasteiger partial charge in [-0.25, -0.2) is 0 Å². The molecule has 2 N–H and O–H groups in total. The number of nitrogens with zero attached hydrogens (tertiary/aromatic N) is 1. The van der Waals surface area contributed by atoms with Crippen LogP contribution in [0.15, 0.2) is 18.2 Å². The summed E-state index contributed by atoms with van der Waals surface area (Å²) in [4.78, 5) is 2.28. The lowest BCUT2D eigenvalue weighted by molar-refractivity contribution is 0.785. The molecule has 15 heavy (non-hydrogen) atoms. The van der Waals surface area contributed by atoms with E-state index in [4.69, 9.17) is 17.3 Å². The molecule has 0 unspecified atom stereocenters. The molecule has 0 aliphatic heterocycles. The summed E-state index contributed by atoms with van der Waals surface area (Å²) in [5, 5.41) is 0.799. The van der Waals surface area contributed by atoms with Gasteiger partial charge in [0, 0.05) is 19.6 Å². The first-order valence-electron chi connectivity index (χ1n) is 5.47. The van der Waals surface area contributed by atoms with Gasteiger partial charge in [0.2, 0.25) is 0 Å². The number of nitrogens with two attached hydrogens (primary N) is 1. The maximum Gasteiger partial charge on any atom is 0.0642 e. The molecule has 0 aromatic heterocycles. The van der Waals surface area contributed by atoms with Gasteiger partial charge in [-0.05, 0) is 25.0 Å². The van der Waals surface area contributed by atoms with Gasteiger partial charge in [0.05, 0.1) is 10.7 Å². The molecule has 0 spiro atoms. The molecule has 1 rings (SSSR count). The Balaban J connectivity index is 3.08. The molecule has 0 saturated carbocycles. The summed E-state index contributed by atoms with van der Waals surface area (Å²) < 4.78 is 0. The van der Waals surface area contributed by atoms with Gasteiger partial charge in [0.1, 0.15) is 0 Å². The van der Waals surface area contributed by atoms with Crippen LogP contribution in [-0.4, -0.2) is 13.1 Å². The van der Waals surface area contributed by atoms with E-state index >= 15 is 0 Å². The van der Waals surface area contributed by atoms with Gasteiger partial charge < -0.3 is 10.6 Å². The average Bonchev–Trinajstić information content (AvgIpc) is 2.26. The van der Waals surface area contributed by atoms with Crippen LogP contribution in [0.2, 0.25) is 5.02 Å². The van der Waals surface area contributed by atoms with Crippen molar-refractivity contribution < 1.29 is 0 Å². The molecule has 1 aromatic rings. The lowest BCUT2D eigenvalue weighted by Crippen LogP contribution is -2.25. The number of anilines is 1. The van der Waals surface area contributed by atoms with Crippen LogP contribution >= 0.6 is 11.6 Å². The maximum absolute atomic E-state index is 6.22. The number of hydrogen-bond acceptors (Lipinski definition) is 2. The Morgan fingerprint density at radius 3 is 2.60 bits per heavy atom. The van der Waals surface area contributed by atoms with Crippen molar-refractivity contribution in [2.45, 2.75) is 26.8 Å². The van der Waals surface area contributed by atoms with Crippen LogP contribution in [0.25, 0.3) is 0 Å². The third kappa shape index (κ3) is 2.86. The minimum Gasteiger partial charge on any atom is -0.370 e. The number of para-hydroxylation sites is 1. The van der Waals surface area contributed by atoms with Crippen molar-refractivity contribution in [3.63, 3.8) is 0 Å². The summed E-state index contributed by atoms with van der Waals surface area (Å²) in [6.07, 6.45) is 1.11. The SMILES string of the molecule is CCCN(CC)c1c(Cl)cccc1CN. The molecule has 0 atom stereocenters. The Bertz CT molecular complexity index is 312. The first-order valence-corrected chi connectivity index (χ1v) is 5.84. The van der Waals surface area contributed by atoms with Gasteiger partial charge in [-0.3, -0.25) is 0 Å². The lowest BCUT2D eigenvalue weighted by atomic mass is 10.1. The van der Waals surface area contributed by atoms with Gasteiger partial charge in [-0.2, -0.15) is 0 Å². The fourth-order valence-corrected chi connectivity index (χ4v) is 2.09. The highest BCUT2D eigenvalue weighted by molar-refractivity contribution is 6.33. The number of halogens is 1. The van der Waals surface area contributed by atoms with E-state index in [-0.39, 0.29) is 0 Å². The predicted molar refractivity (Wildman–Crippen MR) is 67.5 cm³/mol. The number of rotatable bonds is 5. The second-order valence-corrected chi connectivity index (χ2v) is 3.94. The second kappa shape index (κ2) is 5.99. The zero-order chi connectivity index (χ0) is 11.3. The summed E-state index contributed by atoms with van der Waals surface area (Å²) in [5.74, 6) is 0. The lowest BCUT2D eigenvalue weighted by Gasteiger charge is -2.26. The Hall–Kier alpha value is -0.730. The smallest absolute Gasteiger partial charge is 0.0642 e. The van der Waals surface area contributed by atoms with Crippen molar-refractivity contribution in [3.05, 3.63) is 28.8 Å². The summed E-state index contributed by atoms with van der Waals surface area (Å²) in [7, 11) is 0. The summed E-state index contributed by atoms with van der Waals surface area (Å²) in [6, 6.07) is 5.92. The maximum atomic E-state index is 6.22. The van der Waals surface area contributed by atoms with Crippen molar-refractivity contribution in [1.29, 1.82) is 0 Å². The molecule has 0 amide bonds. The Kier molecular flexibility index (Phi) is 4.92. The standard InChI is InChI=1S/C12H19ClN2/c1-3-8-15(4-2)12-10(9-14)6-5-7-11(12)13/h5-7H,3-4,8-9,14H2,1-2H3. The van der Waals surface area contributed by atoms with E-state index < -0.39 is 0 Å². The molecule has 0 fully saturated rings. The van der Waals surface area contributed by atoms with Crippen LogP contribution in [0.5, 0.6) is 0 Å². The van der Waals surface area contributed by atoms with Crippen LogP contribution in [-0.2, 0) is 6.54 Å². The number of hydrogen-bond donors (Lipinski definition) is 1. The van der Waals surface area contributed by atoms with E-state index in [1.54, 1.807) is 0 Å². The fraction of sp³-hybridized carbons (Fsp3) is 0.500. The predicted octanol–water partition coefficient (Wildman–Crippen LogP) is 3.04. The summed E-state index contributed by atoms with van der Waals surface area (Å²) >= 11 is 6.22. The second-order valence-electron chi connectivity index (χ2n) is 3.53. The van der Waals surface area contributed by atoms with Crippen LogP contribution in [0.4, 0.5) is 5.69 Å². The van der Waals surface area contributed by atoms with Crippen LogP contribution in [0, 0.1) is 0 Å². The van der Waals surface area contributed by atoms with E-state index in [1.165, 1.54) is 0 Å². The van der Waals surface area contributed by atoms with E-state index in [0.717, 1.165) is 35.8 Å². The topological polar surface area (TPSA) is 29.3 Å². The molecule has 0 aliphatic carbocycles. The fourth-order valence-electron chi connectivity index (χ4n) is 1.78. The summed E-state index contributed by atoms with van der Waals surface area (Å²) in [5.41, 5.74) is 7.95. The number of benzene rings is 1. The third-order valence-corrected chi connectivity index (χ3v) is 2.79. The Morgan fingerprint density at radius 1 is 1.33 bits per heavy atom. The quantitative estimate of drug-likeness (QED) is 0.836. The van der Waals surface area contributed by atoms with Gasteiger partial charge in [-0.15, -0.1) is 0 Å². The van der Waals surface area contributed by atoms with Crippen molar-refractivity contribution in [3.8, 4) is 0 Å². The molecule has 1 aromatic carbocycles. The van der Waals surface area contributed by atoms with Gasteiger partial charge in [-0.1, -0.05) is 30.7 Å². The molecular formula is C12H19ClN2. The molecule has 0 heterocycles.